The van der Waals surface area contributed by atoms with Crippen molar-refractivity contribution in [1.82, 2.24) is 13.9 Å². The summed E-state index contributed by atoms with van der Waals surface area (Å²) >= 11 is 0. The van der Waals surface area contributed by atoms with Gasteiger partial charge in [-0.1, -0.05) is 19.1 Å². The normalized spacial score (nSPS) is 11.6. The van der Waals surface area contributed by atoms with Crippen LogP contribution in [-0.2, 0) is 32.6 Å². The summed E-state index contributed by atoms with van der Waals surface area (Å²) in [5.74, 6) is -0.138. The summed E-state index contributed by atoms with van der Waals surface area (Å²) in [5, 5.41) is 0. The Morgan fingerprint density at radius 3 is 2.44 bits per heavy atom. The number of amides is 1. The second kappa shape index (κ2) is 10.2. The minimum absolute atomic E-state index is 0.125. The fourth-order valence-corrected chi connectivity index (χ4v) is 4.42. The summed E-state index contributed by atoms with van der Waals surface area (Å²) in [5.41, 5.74) is 1.79. The van der Waals surface area contributed by atoms with Crippen LogP contribution >= 0.6 is 0 Å². The van der Waals surface area contributed by atoms with E-state index in [1.165, 1.54) is 39.2 Å². The highest BCUT2D eigenvalue weighted by atomic mass is 32.2. The van der Waals surface area contributed by atoms with Gasteiger partial charge in [-0.3, -0.25) is 4.90 Å². The molecule has 0 unspecified atom stereocenters. The summed E-state index contributed by atoms with van der Waals surface area (Å²) < 4.78 is 38.3. The first kappa shape index (κ1) is 25.2. The lowest BCUT2D eigenvalue weighted by Gasteiger charge is -2.18. The van der Waals surface area contributed by atoms with Crippen molar-refractivity contribution in [1.29, 1.82) is 0 Å². The molecule has 1 aromatic heterocycles. The number of esters is 1. The van der Waals surface area contributed by atoms with Gasteiger partial charge in [0.2, 0.25) is 10.0 Å². The molecule has 0 aliphatic rings. The predicted molar refractivity (Wildman–Crippen MR) is 127 cm³/mol. The lowest BCUT2D eigenvalue weighted by atomic mass is 10.1. The Bertz CT molecular complexity index is 1320. The van der Waals surface area contributed by atoms with Gasteiger partial charge < -0.3 is 14.0 Å². The minimum Gasteiger partial charge on any atom is -0.454 e. The van der Waals surface area contributed by atoms with Crippen LogP contribution in [0.15, 0.2) is 47.4 Å². The zero-order valence-corrected chi connectivity index (χ0v) is 20.6. The Kier molecular flexibility index (Phi) is 7.57. The highest BCUT2D eigenvalue weighted by molar-refractivity contribution is 7.89. The van der Waals surface area contributed by atoms with Gasteiger partial charge in [0.05, 0.1) is 34.3 Å². The topological polar surface area (TPSA) is 111 Å². The average molecular weight is 489 g/mol. The van der Waals surface area contributed by atoms with Crippen LogP contribution in [0.3, 0.4) is 0 Å². The van der Waals surface area contributed by atoms with E-state index >= 15 is 0 Å². The smallest absolute Gasteiger partial charge is 0.413 e. The molecule has 0 bridgehead atoms. The van der Waals surface area contributed by atoms with Crippen LogP contribution in [-0.4, -0.2) is 62.6 Å². The quantitative estimate of drug-likeness (QED) is 0.448. The molecule has 1 amide bonds. The zero-order chi connectivity index (χ0) is 25.0. The monoisotopic (exact) mass is 488 g/mol. The second-order valence-electron chi connectivity index (χ2n) is 7.74. The fraction of sp³-hybridized carbons (Fsp3) is 0.348. The maximum Gasteiger partial charge on any atom is 0.413 e. The van der Waals surface area contributed by atoms with Gasteiger partial charge in [0, 0.05) is 27.7 Å². The van der Waals surface area contributed by atoms with Gasteiger partial charge in [-0.25, -0.2) is 27.3 Å². The molecule has 3 aromatic rings. The van der Waals surface area contributed by atoms with E-state index < -0.39 is 22.1 Å². The molecular formula is C23H28N4O6S. The van der Waals surface area contributed by atoms with Gasteiger partial charge in [0.1, 0.15) is 12.4 Å². The standard InChI is InChI=1S/C23H28N4O6S/c1-6-13-27-20-12-11-16(34(30,31)25(2)3)14-18(20)24-21(27)15-33-22(28)17-9-7-8-10-19(17)26(4)23(29)32-5/h7-12,14H,6,13,15H2,1-5H3. The highest BCUT2D eigenvalue weighted by Gasteiger charge is 2.22. The Morgan fingerprint density at radius 2 is 1.79 bits per heavy atom. The van der Waals surface area contributed by atoms with E-state index in [1.807, 2.05) is 11.5 Å². The number of hydrogen-bond acceptors (Lipinski definition) is 7. The summed E-state index contributed by atoms with van der Waals surface area (Å²) in [4.78, 5) is 30.7. The van der Waals surface area contributed by atoms with E-state index in [9.17, 15) is 18.0 Å². The molecule has 0 spiro atoms. The molecular weight excluding hydrogens is 460 g/mol. The molecule has 11 heteroatoms. The van der Waals surface area contributed by atoms with E-state index in [2.05, 4.69) is 4.98 Å². The van der Waals surface area contributed by atoms with Crippen LogP contribution in [0.1, 0.15) is 29.5 Å². The van der Waals surface area contributed by atoms with Crippen molar-refractivity contribution in [2.24, 2.45) is 0 Å². The Morgan fingerprint density at radius 1 is 1.09 bits per heavy atom. The maximum atomic E-state index is 12.9. The van der Waals surface area contributed by atoms with Crippen molar-refractivity contribution in [2.45, 2.75) is 31.4 Å². The van der Waals surface area contributed by atoms with Crippen LogP contribution in [0.25, 0.3) is 11.0 Å². The molecule has 1 heterocycles. The van der Waals surface area contributed by atoms with Gasteiger partial charge in [-0.15, -0.1) is 0 Å². The summed E-state index contributed by atoms with van der Waals surface area (Å²) in [6.07, 6.45) is 0.185. The number of carbonyl (C=O) groups is 2. The molecule has 0 saturated carbocycles. The van der Waals surface area contributed by atoms with Crippen molar-refractivity contribution in [3.8, 4) is 0 Å². The summed E-state index contributed by atoms with van der Waals surface area (Å²) in [6, 6.07) is 11.3. The zero-order valence-electron chi connectivity index (χ0n) is 19.8. The molecule has 0 saturated heterocycles. The number of anilines is 1. The summed E-state index contributed by atoms with van der Waals surface area (Å²) in [7, 11) is 2.08. The number of nitrogens with zero attached hydrogens (tertiary/aromatic N) is 4. The number of carbonyl (C=O) groups excluding carboxylic acids is 2. The van der Waals surface area contributed by atoms with E-state index in [-0.39, 0.29) is 17.1 Å². The molecule has 10 nitrogen and oxygen atoms in total. The average Bonchev–Trinajstić information content (AvgIpc) is 3.18. The molecule has 0 aliphatic carbocycles. The number of methoxy groups -OCH3 is 1. The lowest BCUT2D eigenvalue weighted by Crippen LogP contribution is -2.27. The van der Waals surface area contributed by atoms with E-state index in [1.54, 1.807) is 36.4 Å². The molecule has 0 N–H and O–H groups in total. The number of aryl methyl sites for hydroxylation is 1. The molecule has 182 valence electrons. The van der Waals surface area contributed by atoms with Crippen LogP contribution in [0.5, 0.6) is 0 Å². The number of benzene rings is 2. The number of hydrogen-bond donors (Lipinski definition) is 0. The van der Waals surface area contributed by atoms with Crippen molar-refractivity contribution in [3.63, 3.8) is 0 Å². The van der Waals surface area contributed by atoms with Crippen LogP contribution in [0, 0.1) is 0 Å². The van der Waals surface area contributed by atoms with Gasteiger partial charge in [0.15, 0.2) is 0 Å². The van der Waals surface area contributed by atoms with Gasteiger partial charge >= 0.3 is 12.1 Å². The first-order valence-electron chi connectivity index (χ1n) is 10.6. The number of aromatic nitrogens is 2. The molecule has 2 aromatic carbocycles. The SMILES string of the molecule is CCCn1c(COC(=O)c2ccccc2N(C)C(=O)OC)nc2cc(S(=O)(=O)N(C)C)ccc21. The molecule has 3 rings (SSSR count). The molecule has 34 heavy (non-hydrogen) atoms. The first-order valence-corrected chi connectivity index (χ1v) is 12.0. The van der Waals surface area contributed by atoms with E-state index in [0.717, 1.165) is 16.2 Å². The number of sulfonamides is 1. The third kappa shape index (κ3) is 4.90. The number of para-hydroxylation sites is 1. The molecule has 0 aliphatic heterocycles. The third-order valence-electron chi connectivity index (χ3n) is 5.29. The van der Waals surface area contributed by atoms with Crippen molar-refractivity contribution >= 4 is 38.8 Å². The number of imidazole rings is 1. The fourth-order valence-electron chi connectivity index (χ4n) is 3.50. The Labute approximate surface area is 198 Å². The molecule has 0 atom stereocenters. The van der Waals surface area contributed by atoms with Crippen LogP contribution < -0.4 is 4.90 Å². The molecule has 0 radical (unpaired) electrons. The van der Waals surface area contributed by atoms with Crippen molar-refractivity contribution < 1.29 is 27.5 Å². The van der Waals surface area contributed by atoms with Gasteiger partial charge in [-0.05, 0) is 36.8 Å². The van der Waals surface area contributed by atoms with Crippen molar-refractivity contribution in [2.75, 3.05) is 33.2 Å². The third-order valence-corrected chi connectivity index (χ3v) is 7.10. The Hall–Kier alpha value is -3.44. The van der Waals surface area contributed by atoms with Crippen molar-refractivity contribution in [3.05, 3.63) is 53.9 Å². The number of ether oxygens (including phenoxy) is 2. The maximum absolute atomic E-state index is 12.9. The number of rotatable bonds is 8. The second-order valence-corrected chi connectivity index (χ2v) is 9.89. The van der Waals surface area contributed by atoms with Crippen LogP contribution in [0.2, 0.25) is 0 Å². The Balaban J connectivity index is 1.91. The molecule has 0 fully saturated rings. The largest absolute Gasteiger partial charge is 0.454 e. The van der Waals surface area contributed by atoms with Gasteiger partial charge in [-0.2, -0.15) is 0 Å². The first-order chi connectivity index (χ1) is 16.1. The van der Waals surface area contributed by atoms with E-state index in [4.69, 9.17) is 9.47 Å². The highest BCUT2D eigenvalue weighted by Crippen LogP contribution is 2.24. The lowest BCUT2D eigenvalue weighted by molar-refractivity contribution is 0.0459. The van der Waals surface area contributed by atoms with Crippen LogP contribution in [0.4, 0.5) is 10.5 Å². The minimum atomic E-state index is -3.61. The number of fused-ring (bicyclic) bond motifs is 1. The predicted octanol–water partition coefficient (Wildman–Crippen LogP) is 3.26. The van der Waals surface area contributed by atoms with Gasteiger partial charge in [0.25, 0.3) is 0 Å². The summed E-state index contributed by atoms with van der Waals surface area (Å²) in [6.45, 7) is 2.50. The van der Waals surface area contributed by atoms with E-state index in [0.29, 0.717) is 23.6 Å².